The number of methoxy groups -OCH3 is 1. The fourth-order valence-corrected chi connectivity index (χ4v) is 8.98. The zero-order valence-electron chi connectivity index (χ0n) is 29.8. The van der Waals surface area contributed by atoms with Gasteiger partial charge in [0.2, 0.25) is 5.91 Å². The van der Waals surface area contributed by atoms with E-state index in [9.17, 15) is 18.8 Å². The van der Waals surface area contributed by atoms with Crippen molar-refractivity contribution in [2.24, 2.45) is 0 Å². The molecule has 8 rings (SSSR count). The molecule has 6 heterocycles. The highest BCUT2D eigenvalue weighted by molar-refractivity contribution is 7.23. The molecule has 3 aliphatic heterocycles. The second-order valence-corrected chi connectivity index (χ2v) is 14.7. The molecule has 2 saturated heterocycles. The molecule has 3 unspecified atom stereocenters. The van der Waals surface area contributed by atoms with Gasteiger partial charge < -0.3 is 31.2 Å². The number of nitrogens with two attached hydrogens (primary N) is 2. The number of hydrogen-bond donors (Lipinski definition) is 3. The Morgan fingerprint density at radius 3 is 2.82 bits per heavy atom. The number of thiophene rings is 1. The first-order valence-corrected chi connectivity index (χ1v) is 18.8. The zero-order valence-corrected chi connectivity index (χ0v) is 31.3. The van der Waals surface area contributed by atoms with Crippen molar-refractivity contribution in [2.75, 3.05) is 56.3 Å². The molecule has 12 nitrogen and oxygen atoms in total. The lowest BCUT2D eigenvalue weighted by Gasteiger charge is -2.33. The van der Waals surface area contributed by atoms with Crippen molar-refractivity contribution in [3.63, 3.8) is 0 Å². The van der Waals surface area contributed by atoms with E-state index in [4.69, 9.17) is 32.5 Å². The fourth-order valence-electron chi connectivity index (χ4n) is 7.69. The first-order valence-electron chi connectivity index (χ1n) is 17.6. The Balaban J connectivity index is 0.000000449. The van der Waals surface area contributed by atoms with E-state index in [2.05, 4.69) is 31.7 Å². The predicted octanol–water partition coefficient (Wildman–Crippen LogP) is 6.71. The Labute approximate surface area is 323 Å². The Morgan fingerprint density at radius 2 is 2.09 bits per heavy atom. The third-order valence-corrected chi connectivity index (χ3v) is 11.5. The number of carbonyl (C=O) groups excluding carboxylic acids is 1. The molecule has 2 aromatic carbocycles. The minimum atomic E-state index is -0.867. The van der Waals surface area contributed by atoms with Gasteiger partial charge in [-0.25, -0.2) is 18.2 Å². The van der Waals surface area contributed by atoms with Crippen LogP contribution in [0.2, 0.25) is 5.02 Å². The number of pyridine rings is 1. The molecule has 286 valence electrons. The molecule has 3 atom stereocenters. The van der Waals surface area contributed by atoms with Crippen LogP contribution in [0.3, 0.4) is 0 Å². The van der Waals surface area contributed by atoms with Gasteiger partial charge in [-0.2, -0.15) is 15.2 Å². The first-order chi connectivity index (χ1) is 26.6. The number of fused-ring (bicyclic) bond motifs is 2. The molecule has 2 fully saturated rings. The number of amides is 1. The number of ether oxygens (including phenoxy) is 2. The first kappa shape index (κ1) is 37.9. The number of rotatable bonds is 8. The van der Waals surface area contributed by atoms with Crippen LogP contribution in [0, 0.1) is 23.0 Å². The molecule has 1 amide bonds. The highest BCUT2D eigenvalue weighted by atomic mass is 35.5. The maximum absolute atomic E-state index is 16.9. The van der Waals surface area contributed by atoms with Crippen molar-refractivity contribution in [2.45, 2.75) is 43.9 Å². The molecule has 5 N–H and O–H groups in total. The lowest BCUT2D eigenvalue weighted by molar-refractivity contribution is -0.116. The van der Waals surface area contributed by atoms with Crippen LogP contribution in [0.15, 0.2) is 43.1 Å². The number of nitriles is 1. The summed E-state index contributed by atoms with van der Waals surface area (Å²) < 4.78 is 56.1. The number of nitrogens with one attached hydrogen (secondary N) is 1. The number of nitrogens with zero attached hydrogens (tertiary/aromatic N) is 6. The summed E-state index contributed by atoms with van der Waals surface area (Å²) in [5, 5.41) is 12.9. The monoisotopic (exact) mass is 791 g/mol. The molecule has 0 saturated carbocycles. The molecule has 0 spiro atoms. The second-order valence-electron chi connectivity index (χ2n) is 13.3. The highest BCUT2D eigenvalue weighted by Crippen LogP contribution is 2.51. The number of carbonyl (C=O) groups is 1. The minimum Gasteiger partial charge on any atom is -0.489 e. The number of benzene rings is 2. The third kappa shape index (κ3) is 7.03. The Hall–Kier alpha value is -5.37. The number of anilines is 3. The topological polar surface area (TPSA) is 169 Å². The number of alkyl halides is 1. The van der Waals surface area contributed by atoms with E-state index in [0.29, 0.717) is 24.6 Å². The van der Waals surface area contributed by atoms with Gasteiger partial charge in [0.05, 0.1) is 40.4 Å². The minimum absolute atomic E-state index is 0.00410. The van der Waals surface area contributed by atoms with Crippen molar-refractivity contribution in [3.8, 4) is 29.0 Å². The maximum atomic E-state index is 16.9. The van der Waals surface area contributed by atoms with Gasteiger partial charge >= 0.3 is 6.01 Å². The molecule has 17 heteroatoms. The fraction of sp³-hybridized carbons (Fsp3) is 0.342. The van der Waals surface area contributed by atoms with Crippen LogP contribution >= 0.6 is 22.9 Å². The molecule has 0 radical (unpaired) electrons. The van der Waals surface area contributed by atoms with Crippen LogP contribution in [0.5, 0.6) is 11.8 Å². The molecule has 0 aliphatic carbocycles. The summed E-state index contributed by atoms with van der Waals surface area (Å²) in [6, 6.07) is 7.98. The van der Waals surface area contributed by atoms with Crippen LogP contribution < -0.4 is 31.2 Å². The standard InChI is InChI=1S/C31H25ClF2N8O3S.C7H12FN/c1-3-19(43)38-10-8-18(14-5-4-9-39-28(14)36)42-11-12-45-26-22-25(40-31(44-2)41-30(22)42)24(34)21(23(26)32)15-6-7-17(33)27-20(15)16(13-35)29(37)46-27;8-6-4-7-2-1-3-9(7)5-6/h3-7,9,18H,1,8,10-12,37H2,2H3,(H2,36,39)(H,38,43);6-7H,1-5H2. The molecule has 5 aromatic rings. The van der Waals surface area contributed by atoms with Crippen molar-refractivity contribution >= 4 is 66.5 Å². The average Bonchev–Trinajstić information content (AvgIpc) is 3.83. The van der Waals surface area contributed by atoms with Crippen LogP contribution in [-0.2, 0) is 4.79 Å². The van der Waals surface area contributed by atoms with Gasteiger partial charge in [-0.15, -0.1) is 11.3 Å². The van der Waals surface area contributed by atoms with Crippen molar-refractivity contribution in [1.29, 1.82) is 5.26 Å². The summed E-state index contributed by atoms with van der Waals surface area (Å²) in [6.45, 7) is 5.88. The van der Waals surface area contributed by atoms with E-state index >= 15 is 4.39 Å². The normalized spacial score (nSPS) is 18.1. The van der Waals surface area contributed by atoms with E-state index in [1.165, 1.54) is 32.1 Å². The Bertz CT molecular complexity index is 2340. The van der Waals surface area contributed by atoms with E-state index in [1.54, 1.807) is 18.3 Å². The molecule has 3 aliphatic rings. The molecular weight excluding hydrogens is 755 g/mol. The largest absolute Gasteiger partial charge is 0.489 e. The second kappa shape index (κ2) is 15.8. The van der Waals surface area contributed by atoms with Crippen LogP contribution in [0.1, 0.15) is 42.9 Å². The van der Waals surface area contributed by atoms with E-state index < -0.39 is 23.8 Å². The van der Waals surface area contributed by atoms with Crippen LogP contribution in [0.25, 0.3) is 32.1 Å². The summed E-state index contributed by atoms with van der Waals surface area (Å²) in [7, 11) is 1.35. The van der Waals surface area contributed by atoms with Crippen molar-refractivity contribution in [1.82, 2.24) is 25.2 Å². The number of hydrogen-bond acceptors (Lipinski definition) is 12. The van der Waals surface area contributed by atoms with E-state index in [0.717, 1.165) is 30.4 Å². The lowest BCUT2D eigenvalue weighted by Crippen LogP contribution is -2.35. The van der Waals surface area contributed by atoms with Gasteiger partial charge in [-0.3, -0.25) is 9.69 Å². The van der Waals surface area contributed by atoms with Crippen LogP contribution in [-0.4, -0.2) is 77.9 Å². The average molecular weight is 792 g/mol. The molecule has 55 heavy (non-hydrogen) atoms. The highest BCUT2D eigenvalue weighted by Gasteiger charge is 2.36. The summed E-state index contributed by atoms with van der Waals surface area (Å²) >= 11 is 7.85. The van der Waals surface area contributed by atoms with Gasteiger partial charge in [-0.05, 0) is 56.0 Å². The van der Waals surface area contributed by atoms with E-state index in [-0.39, 0.29) is 96.7 Å². The predicted molar refractivity (Wildman–Crippen MR) is 207 cm³/mol. The van der Waals surface area contributed by atoms with Gasteiger partial charge in [0.25, 0.3) is 0 Å². The molecule has 0 bridgehead atoms. The van der Waals surface area contributed by atoms with Gasteiger partial charge in [-0.1, -0.05) is 30.3 Å². The summed E-state index contributed by atoms with van der Waals surface area (Å²) in [5.74, 6) is -1.24. The van der Waals surface area contributed by atoms with Gasteiger partial charge in [0.1, 0.15) is 46.8 Å². The summed E-state index contributed by atoms with van der Waals surface area (Å²) in [5.41, 5.74) is 12.8. The SMILES string of the molecule is C=CC(=O)NCCC(c1cccnc1N)N1CCOc2c(Cl)c(-c3ccc(F)c4sc(N)c(C#N)c34)c(F)c3nc(OC)nc1c23.FC1CC2CCCN2C1. The Morgan fingerprint density at radius 1 is 1.27 bits per heavy atom. The summed E-state index contributed by atoms with van der Waals surface area (Å²) in [4.78, 5) is 29.3. The summed E-state index contributed by atoms with van der Waals surface area (Å²) in [6.07, 6.45) is 5.89. The quantitative estimate of drug-likeness (QED) is 0.143. The third-order valence-electron chi connectivity index (χ3n) is 10.1. The molecule has 3 aromatic heterocycles. The smallest absolute Gasteiger partial charge is 0.318 e. The zero-order chi connectivity index (χ0) is 39.0. The van der Waals surface area contributed by atoms with Crippen LogP contribution in [0.4, 0.5) is 29.8 Å². The van der Waals surface area contributed by atoms with E-state index in [1.807, 2.05) is 11.0 Å². The number of nitrogen functional groups attached to an aromatic ring is 2. The molecular formula is C38H37ClF3N9O3S. The number of aromatic nitrogens is 3. The van der Waals surface area contributed by atoms with Crippen molar-refractivity contribution < 1.29 is 27.4 Å². The lowest BCUT2D eigenvalue weighted by atomic mass is 9.96. The van der Waals surface area contributed by atoms with Crippen molar-refractivity contribution in [3.05, 3.63) is 70.9 Å². The van der Waals surface area contributed by atoms with Gasteiger partial charge in [0, 0.05) is 41.8 Å². The Kier molecular flexibility index (Phi) is 10.9. The number of halogens is 4. The maximum Gasteiger partial charge on any atom is 0.318 e. The van der Waals surface area contributed by atoms with Gasteiger partial charge in [0.15, 0.2) is 11.6 Å².